The molecule has 0 heterocycles. The molecule has 0 aromatic carbocycles. The van der Waals surface area contributed by atoms with E-state index in [1.54, 1.807) is 0 Å². The first-order valence-corrected chi connectivity index (χ1v) is 4.67. The van der Waals surface area contributed by atoms with Gasteiger partial charge in [0.25, 0.3) is 0 Å². The molecular formula is C6H11LiO6S. The van der Waals surface area contributed by atoms with Crippen molar-refractivity contribution < 1.29 is 26.6 Å². The molecule has 0 saturated carbocycles. The Morgan fingerprint density at radius 2 is 1.93 bits per heavy atom. The van der Waals surface area contributed by atoms with E-state index in [-0.39, 0.29) is 31.0 Å². The van der Waals surface area contributed by atoms with Gasteiger partial charge < -0.3 is 0 Å². The molecule has 0 atom stereocenters. The number of carbonyl (C=O) groups is 1. The van der Waals surface area contributed by atoms with Crippen LogP contribution in [0.1, 0.15) is 13.8 Å². The molecule has 78 valence electrons. The molecule has 0 unspecified atom stereocenters. The molecule has 0 bridgehead atoms. The van der Waals surface area contributed by atoms with Crippen molar-refractivity contribution in [2.45, 2.75) is 13.8 Å². The Bertz CT molecular complexity index is 295. The standard InChI is InChI=1S/C6H10O6S.Li.H/c1-4-10-13(8,9)12-11-6(7)5(2)3;;/h2,4H2,1,3H3;;. The molecular weight excluding hydrogens is 207 g/mol. The van der Waals surface area contributed by atoms with E-state index < -0.39 is 16.4 Å². The molecule has 0 fully saturated rings. The van der Waals surface area contributed by atoms with E-state index >= 15 is 0 Å². The number of hydrogen-bond acceptors (Lipinski definition) is 6. The first-order chi connectivity index (χ1) is 5.89. The molecule has 0 aliphatic carbocycles. The molecule has 0 amide bonds. The zero-order valence-corrected chi connectivity index (χ0v) is 8.09. The predicted molar refractivity (Wildman–Crippen MR) is 49.7 cm³/mol. The molecule has 0 aliphatic rings. The monoisotopic (exact) mass is 218 g/mol. The van der Waals surface area contributed by atoms with Gasteiger partial charge in [0.15, 0.2) is 0 Å². The third-order valence-electron chi connectivity index (χ3n) is 0.804. The Kier molecular flexibility index (Phi) is 8.10. The summed E-state index contributed by atoms with van der Waals surface area (Å²) in [6.07, 6.45) is 0. The molecule has 0 spiro atoms. The predicted octanol–water partition coefficient (Wildman–Crippen LogP) is -0.330. The maximum atomic E-state index is 10.6. The van der Waals surface area contributed by atoms with Crippen LogP contribution in [0.5, 0.6) is 0 Å². The Morgan fingerprint density at radius 1 is 1.43 bits per heavy atom. The van der Waals surface area contributed by atoms with Crippen LogP contribution in [0.3, 0.4) is 0 Å². The summed E-state index contributed by atoms with van der Waals surface area (Å²) in [7, 11) is -4.24. The van der Waals surface area contributed by atoms with Crippen LogP contribution in [-0.2, 0) is 28.6 Å². The van der Waals surface area contributed by atoms with Gasteiger partial charge in [-0.25, -0.2) is 8.98 Å². The van der Waals surface area contributed by atoms with Gasteiger partial charge in [0.05, 0.1) is 6.61 Å². The van der Waals surface area contributed by atoms with Gasteiger partial charge in [-0.2, -0.15) is 8.42 Å². The van der Waals surface area contributed by atoms with Gasteiger partial charge in [0.2, 0.25) is 0 Å². The van der Waals surface area contributed by atoms with Crippen LogP contribution >= 0.6 is 0 Å². The number of rotatable bonds is 5. The second-order valence-corrected chi connectivity index (χ2v) is 3.22. The van der Waals surface area contributed by atoms with Gasteiger partial charge >= 0.3 is 35.2 Å². The summed E-state index contributed by atoms with van der Waals surface area (Å²) in [6, 6.07) is 0. The molecule has 0 radical (unpaired) electrons. The molecule has 0 rings (SSSR count). The quantitative estimate of drug-likeness (QED) is 0.272. The Hall–Kier alpha value is -0.323. The van der Waals surface area contributed by atoms with Gasteiger partial charge in [0, 0.05) is 5.57 Å². The van der Waals surface area contributed by atoms with Gasteiger partial charge in [-0.3, -0.25) is 4.89 Å². The Morgan fingerprint density at radius 3 is 2.29 bits per heavy atom. The first kappa shape index (κ1) is 16.1. The fourth-order valence-corrected chi connectivity index (χ4v) is 0.781. The second kappa shape index (κ2) is 7.03. The Labute approximate surface area is 94.6 Å². The van der Waals surface area contributed by atoms with E-state index in [1.807, 2.05) is 0 Å². The average Bonchev–Trinajstić information content (AvgIpc) is 2.00. The van der Waals surface area contributed by atoms with Crippen molar-refractivity contribution in [1.82, 2.24) is 0 Å². The third-order valence-corrected chi connectivity index (χ3v) is 1.56. The van der Waals surface area contributed by atoms with Crippen LogP contribution in [0.2, 0.25) is 0 Å². The molecule has 0 saturated heterocycles. The second-order valence-electron chi connectivity index (χ2n) is 2.03. The van der Waals surface area contributed by atoms with Crippen LogP contribution in [0.25, 0.3) is 0 Å². The summed E-state index contributed by atoms with van der Waals surface area (Å²) in [4.78, 5) is 14.5. The number of hydrogen-bond donors (Lipinski definition) is 0. The van der Waals surface area contributed by atoms with E-state index in [4.69, 9.17) is 0 Å². The maximum absolute atomic E-state index is 10.6. The van der Waals surface area contributed by atoms with Crippen molar-refractivity contribution in [2.75, 3.05) is 6.61 Å². The fraction of sp³-hybridized carbons (Fsp3) is 0.500. The summed E-state index contributed by atoms with van der Waals surface area (Å²) < 4.78 is 29.0. The van der Waals surface area contributed by atoms with Gasteiger partial charge in [-0.15, -0.1) is 0 Å². The van der Waals surface area contributed by atoms with Crippen molar-refractivity contribution in [3.8, 4) is 0 Å². The van der Waals surface area contributed by atoms with Crippen LogP contribution in [0.4, 0.5) is 0 Å². The molecule has 0 aromatic rings. The van der Waals surface area contributed by atoms with Crippen LogP contribution < -0.4 is 0 Å². The Balaban J connectivity index is 0. The molecule has 14 heavy (non-hydrogen) atoms. The summed E-state index contributed by atoms with van der Waals surface area (Å²) in [5.74, 6) is -0.969. The minimum absolute atomic E-state index is 0. The summed E-state index contributed by atoms with van der Waals surface area (Å²) in [5.41, 5.74) is 0.0201. The van der Waals surface area contributed by atoms with Crippen molar-refractivity contribution in [2.24, 2.45) is 0 Å². The average molecular weight is 218 g/mol. The zero-order valence-electron chi connectivity index (χ0n) is 7.27. The van der Waals surface area contributed by atoms with Gasteiger partial charge in [-0.1, -0.05) is 6.58 Å². The van der Waals surface area contributed by atoms with Crippen LogP contribution in [0, 0.1) is 0 Å². The van der Waals surface area contributed by atoms with Crippen molar-refractivity contribution >= 4 is 35.2 Å². The van der Waals surface area contributed by atoms with E-state index in [2.05, 4.69) is 20.0 Å². The zero-order chi connectivity index (χ0) is 10.5. The van der Waals surface area contributed by atoms with Crippen LogP contribution in [-0.4, -0.2) is 39.9 Å². The topological polar surface area (TPSA) is 78.9 Å². The molecule has 8 heteroatoms. The number of carbonyl (C=O) groups excluding carboxylic acids is 1. The normalized spacial score (nSPS) is 10.1. The molecule has 0 N–H and O–H groups in total. The molecule has 6 nitrogen and oxygen atoms in total. The molecule has 0 aromatic heterocycles. The van der Waals surface area contributed by atoms with E-state index in [1.165, 1.54) is 13.8 Å². The summed E-state index contributed by atoms with van der Waals surface area (Å²) >= 11 is 0. The van der Waals surface area contributed by atoms with Gasteiger partial charge in [0.1, 0.15) is 0 Å². The van der Waals surface area contributed by atoms with Crippen molar-refractivity contribution in [3.63, 3.8) is 0 Å². The molecule has 0 aliphatic heterocycles. The first-order valence-electron chi connectivity index (χ1n) is 3.34. The van der Waals surface area contributed by atoms with E-state index in [0.29, 0.717) is 0 Å². The van der Waals surface area contributed by atoms with Gasteiger partial charge in [-0.05, 0) is 18.2 Å². The fourth-order valence-electron chi connectivity index (χ4n) is 0.308. The van der Waals surface area contributed by atoms with E-state index in [9.17, 15) is 13.2 Å². The van der Waals surface area contributed by atoms with Crippen molar-refractivity contribution in [1.29, 1.82) is 0 Å². The summed E-state index contributed by atoms with van der Waals surface area (Å²) in [5, 5.41) is 0. The summed E-state index contributed by atoms with van der Waals surface area (Å²) in [6.45, 7) is 5.90. The minimum atomic E-state index is -4.24. The van der Waals surface area contributed by atoms with E-state index in [0.717, 1.165) is 0 Å². The third kappa shape index (κ3) is 7.12. The van der Waals surface area contributed by atoms with Crippen molar-refractivity contribution in [3.05, 3.63) is 12.2 Å². The SMILES string of the molecule is C=C(C)C(=O)OOS(=O)(=O)OCC.[LiH]. The van der Waals surface area contributed by atoms with Crippen LogP contribution in [0.15, 0.2) is 12.2 Å².